The summed E-state index contributed by atoms with van der Waals surface area (Å²) < 4.78 is 16.5. The van der Waals surface area contributed by atoms with Crippen LogP contribution in [0.4, 0.5) is 21.9 Å². The van der Waals surface area contributed by atoms with Gasteiger partial charge in [-0.05, 0) is 56.4 Å². The lowest BCUT2D eigenvalue weighted by atomic mass is 9.94. The first-order valence-electron chi connectivity index (χ1n) is 14.3. The lowest BCUT2D eigenvalue weighted by Gasteiger charge is -2.37. The number of carbonyl (C=O) groups is 1. The Labute approximate surface area is 237 Å². The molecule has 2 N–H and O–H groups in total. The van der Waals surface area contributed by atoms with Gasteiger partial charge in [0, 0.05) is 38.3 Å². The van der Waals surface area contributed by atoms with E-state index in [2.05, 4.69) is 57.5 Å². The molecule has 0 aliphatic carbocycles. The Bertz CT molecular complexity index is 1190. The summed E-state index contributed by atoms with van der Waals surface area (Å²) >= 11 is 0. The molecule has 2 aromatic carbocycles. The summed E-state index contributed by atoms with van der Waals surface area (Å²) in [6, 6.07) is 17.0. The van der Waals surface area contributed by atoms with E-state index in [0.717, 1.165) is 67.2 Å². The van der Waals surface area contributed by atoms with Crippen molar-refractivity contribution in [2.24, 2.45) is 0 Å². The molecule has 0 bridgehead atoms. The SMILES string of the molecule is CCOc1ncc(Nc2cc([C@H](CC)CNC(=O)OCc3ccccc3)ccc2N(CC)C2CCOCC2)cn1. The van der Waals surface area contributed by atoms with Gasteiger partial charge in [-0.25, -0.2) is 14.8 Å². The van der Waals surface area contributed by atoms with E-state index in [9.17, 15) is 4.79 Å². The molecule has 40 heavy (non-hydrogen) atoms. The van der Waals surface area contributed by atoms with Crippen LogP contribution in [0.15, 0.2) is 60.9 Å². The maximum atomic E-state index is 12.4. The van der Waals surface area contributed by atoms with Gasteiger partial charge in [0.1, 0.15) is 6.61 Å². The molecule has 0 unspecified atom stereocenters. The second kappa shape index (κ2) is 15.1. The number of anilines is 3. The second-order valence-electron chi connectivity index (χ2n) is 9.77. The fraction of sp³-hybridized carbons (Fsp3) is 0.452. The van der Waals surface area contributed by atoms with Crippen LogP contribution in [0.2, 0.25) is 0 Å². The molecular formula is C31H41N5O4. The highest BCUT2D eigenvalue weighted by Gasteiger charge is 2.24. The molecule has 1 aliphatic rings. The van der Waals surface area contributed by atoms with E-state index in [4.69, 9.17) is 14.2 Å². The van der Waals surface area contributed by atoms with Crippen LogP contribution >= 0.6 is 0 Å². The molecule has 2 heterocycles. The summed E-state index contributed by atoms with van der Waals surface area (Å²) in [5.74, 6) is 0.119. The van der Waals surface area contributed by atoms with Gasteiger partial charge in [0.05, 0.1) is 36.1 Å². The first kappa shape index (κ1) is 29.1. The smallest absolute Gasteiger partial charge is 0.407 e. The summed E-state index contributed by atoms with van der Waals surface area (Å²) in [5.41, 5.74) is 4.97. The van der Waals surface area contributed by atoms with Crippen LogP contribution in [0.1, 0.15) is 57.1 Å². The molecule has 3 aromatic rings. The molecule has 9 nitrogen and oxygen atoms in total. The topological polar surface area (TPSA) is 97.8 Å². The zero-order valence-electron chi connectivity index (χ0n) is 23.8. The van der Waals surface area contributed by atoms with Crippen molar-refractivity contribution < 1.29 is 19.0 Å². The Kier molecular flexibility index (Phi) is 11.0. The molecule has 1 aromatic heterocycles. The van der Waals surface area contributed by atoms with E-state index >= 15 is 0 Å². The standard InChI is InChI=1S/C31H41N5O4/c1-4-24(19-34-31(37)40-22-23-10-8-7-9-11-23)25-12-13-29(36(5-2)27-14-16-38-17-15-27)28(18-25)35-26-20-32-30(33-21-26)39-6-3/h7-13,18,20-21,24,27,35H,4-6,14-17,19,22H2,1-3H3,(H,34,37)/t24-/m1/s1. The van der Waals surface area contributed by atoms with Gasteiger partial charge in [-0.3, -0.25) is 0 Å². The van der Waals surface area contributed by atoms with Gasteiger partial charge in [0.2, 0.25) is 0 Å². The van der Waals surface area contributed by atoms with Gasteiger partial charge in [-0.1, -0.05) is 43.3 Å². The maximum absolute atomic E-state index is 12.4. The van der Waals surface area contributed by atoms with Crippen LogP contribution in [-0.2, 0) is 16.1 Å². The molecule has 1 saturated heterocycles. The molecule has 1 atom stereocenters. The summed E-state index contributed by atoms with van der Waals surface area (Å²) in [7, 11) is 0. The number of alkyl carbamates (subject to hydrolysis) is 1. The Morgan fingerprint density at radius 2 is 1.82 bits per heavy atom. The van der Waals surface area contributed by atoms with E-state index in [1.165, 1.54) is 0 Å². The van der Waals surface area contributed by atoms with E-state index in [1.807, 2.05) is 37.3 Å². The van der Waals surface area contributed by atoms with E-state index in [0.29, 0.717) is 25.2 Å². The summed E-state index contributed by atoms with van der Waals surface area (Å²) in [6.07, 6.45) is 5.91. The summed E-state index contributed by atoms with van der Waals surface area (Å²) in [4.78, 5) is 23.5. The number of hydrogen-bond acceptors (Lipinski definition) is 8. The van der Waals surface area contributed by atoms with Crippen molar-refractivity contribution in [2.45, 2.75) is 58.6 Å². The number of aromatic nitrogens is 2. The van der Waals surface area contributed by atoms with Gasteiger partial charge in [-0.2, -0.15) is 0 Å². The molecule has 4 rings (SSSR count). The largest absolute Gasteiger partial charge is 0.464 e. The fourth-order valence-electron chi connectivity index (χ4n) is 5.00. The molecule has 0 spiro atoms. The van der Waals surface area contributed by atoms with Crippen LogP contribution in [-0.4, -0.2) is 55.0 Å². The Morgan fingerprint density at radius 3 is 2.50 bits per heavy atom. The van der Waals surface area contributed by atoms with Crippen LogP contribution in [0, 0.1) is 0 Å². The number of amides is 1. The number of hydrogen-bond donors (Lipinski definition) is 2. The van der Waals surface area contributed by atoms with E-state index < -0.39 is 6.09 Å². The van der Waals surface area contributed by atoms with E-state index in [1.54, 1.807) is 12.4 Å². The molecule has 1 amide bonds. The van der Waals surface area contributed by atoms with E-state index in [-0.39, 0.29) is 12.5 Å². The summed E-state index contributed by atoms with van der Waals surface area (Å²) in [6.45, 7) is 9.90. The second-order valence-corrected chi connectivity index (χ2v) is 9.77. The highest BCUT2D eigenvalue weighted by Crippen LogP contribution is 2.35. The monoisotopic (exact) mass is 547 g/mol. The lowest BCUT2D eigenvalue weighted by molar-refractivity contribution is 0.0846. The van der Waals surface area contributed by atoms with Crippen LogP contribution in [0.5, 0.6) is 6.01 Å². The van der Waals surface area contributed by atoms with Gasteiger partial charge in [0.25, 0.3) is 0 Å². The van der Waals surface area contributed by atoms with Gasteiger partial charge >= 0.3 is 12.1 Å². The number of nitrogens with zero attached hydrogens (tertiary/aromatic N) is 3. The zero-order chi connectivity index (χ0) is 28.2. The van der Waals surface area contributed by atoms with Gasteiger partial charge in [0.15, 0.2) is 0 Å². The highest BCUT2D eigenvalue weighted by molar-refractivity contribution is 5.76. The van der Waals surface area contributed by atoms with Crippen molar-refractivity contribution in [3.63, 3.8) is 0 Å². The highest BCUT2D eigenvalue weighted by atomic mass is 16.5. The predicted octanol–water partition coefficient (Wildman–Crippen LogP) is 6.04. The average Bonchev–Trinajstić information content (AvgIpc) is 3.00. The van der Waals surface area contributed by atoms with Crippen LogP contribution < -0.4 is 20.3 Å². The molecule has 1 fully saturated rings. The maximum Gasteiger partial charge on any atom is 0.407 e. The minimum absolute atomic E-state index is 0.119. The quantitative estimate of drug-likeness (QED) is 0.267. The zero-order valence-corrected chi connectivity index (χ0v) is 23.8. The first-order valence-corrected chi connectivity index (χ1v) is 14.3. The third-order valence-corrected chi connectivity index (χ3v) is 7.15. The number of carbonyl (C=O) groups excluding carboxylic acids is 1. The third kappa shape index (κ3) is 8.08. The summed E-state index contributed by atoms with van der Waals surface area (Å²) in [5, 5.41) is 6.50. The van der Waals surface area contributed by atoms with Gasteiger partial charge in [-0.15, -0.1) is 0 Å². The van der Waals surface area contributed by atoms with Crippen molar-refractivity contribution in [1.82, 2.24) is 15.3 Å². The Morgan fingerprint density at radius 1 is 1.07 bits per heavy atom. The minimum atomic E-state index is -0.416. The molecular weight excluding hydrogens is 506 g/mol. The fourth-order valence-corrected chi connectivity index (χ4v) is 5.00. The molecule has 0 radical (unpaired) electrons. The van der Waals surface area contributed by atoms with Crippen molar-refractivity contribution in [3.8, 4) is 6.01 Å². The predicted molar refractivity (Wildman–Crippen MR) is 157 cm³/mol. The molecule has 214 valence electrons. The molecule has 1 aliphatic heterocycles. The van der Waals surface area contributed by atoms with Crippen molar-refractivity contribution in [1.29, 1.82) is 0 Å². The number of rotatable bonds is 13. The van der Waals surface area contributed by atoms with Crippen molar-refractivity contribution in [3.05, 3.63) is 72.1 Å². The number of ether oxygens (including phenoxy) is 3. The van der Waals surface area contributed by atoms with Crippen molar-refractivity contribution in [2.75, 3.05) is 43.1 Å². The average molecular weight is 548 g/mol. The number of benzene rings is 2. The van der Waals surface area contributed by atoms with Gasteiger partial charge < -0.3 is 29.7 Å². The minimum Gasteiger partial charge on any atom is -0.464 e. The third-order valence-electron chi connectivity index (χ3n) is 7.15. The normalized spacial score (nSPS) is 14.3. The van der Waals surface area contributed by atoms with Crippen LogP contribution in [0.25, 0.3) is 0 Å². The molecule has 9 heteroatoms. The lowest BCUT2D eigenvalue weighted by Crippen LogP contribution is -2.39. The van der Waals surface area contributed by atoms with Crippen LogP contribution in [0.3, 0.4) is 0 Å². The number of nitrogens with one attached hydrogen (secondary N) is 2. The van der Waals surface area contributed by atoms with Crippen molar-refractivity contribution >= 4 is 23.2 Å². The molecule has 0 saturated carbocycles. The first-order chi connectivity index (χ1) is 19.6. The Hall–Kier alpha value is -3.85. The Balaban J connectivity index is 1.52.